The fourth-order valence-corrected chi connectivity index (χ4v) is 1.67. The molecule has 0 amide bonds. The van der Waals surface area contributed by atoms with Crippen LogP contribution in [0.25, 0.3) is 0 Å². The minimum Gasteiger partial charge on any atom is -0.496 e. The predicted molar refractivity (Wildman–Crippen MR) is 65.6 cm³/mol. The second-order valence-electron chi connectivity index (χ2n) is 4.10. The van der Waals surface area contributed by atoms with E-state index in [0.717, 1.165) is 19.2 Å². The van der Waals surface area contributed by atoms with Crippen molar-refractivity contribution in [3.63, 3.8) is 0 Å². The number of halogens is 3. The van der Waals surface area contributed by atoms with Crippen molar-refractivity contribution in [2.75, 3.05) is 13.7 Å². The Morgan fingerprint density at radius 3 is 2.43 bits per heavy atom. The van der Waals surface area contributed by atoms with Crippen LogP contribution in [0.15, 0.2) is 18.2 Å². The van der Waals surface area contributed by atoms with Crippen molar-refractivity contribution in [1.29, 1.82) is 0 Å². The molecule has 8 heteroatoms. The molecule has 0 bridgehead atoms. The van der Waals surface area contributed by atoms with E-state index in [1.807, 2.05) is 0 Å². The fourth-order valence-electron chi connectivity index (χ4n) is 1.67. The van der Waals surface area contributed by atoms with Crippen LogP contribution >= 0.6 is 0 Å². The standard InChI is InChI=1S/C13H15F3O5/c1-3-21-12(19)11(18)10(17)7-4-5-9(20-2)8(6-7)13(14,15)16/h4-6,10-11,17-18H,3H2,1-2H3. The molecule has 0 spiro atoms. The smallest absolute Gasteiger partial charge is 0.419 e. The van der Waals surface area contributed by atoms with Gasteiger partial charge in [-0.15, -0.1) is 0 Å². The van der Waals surface area contributed by atoms with Crippen LogP contribution in [0.3, 0.4) is 0 Å². The zero-order valence-electron chi connectivity index (χ0n) is 11.3. The molecule has 0 radical (unpaired) electrons. The Morgan fingerprint density at radius 1 is 1.33 bits per heavy atom. The fraction of sp³-hybridized carbons (Fsp3) is 0.462. The molecule has 0 fully saturated rings. The quantitative estimate of drug-likeness (QED) is 0.809. The van der Waals surface area contributed by atoms with Gasteiger partial charge in [-0.3, -0.25) is 0 Å². The first kappa shape index (κ1) is 17.3. The van der Waals surface area contributed by atoms with Crippen molar-refractivity contribution >= 4 is 5.97 Å². The lowest BCUT2D eigenvalue weighted by molar-refractivity contribution is -0.159. The maximum absolute atomic E-state index is 12.8. The third-order valence-electron chi connectivity index (χ3n) is 2.70. The molecule has 0 aliphatic heterocycles. The SMILES string of the molecule is CCOC(=O)C(O)C(O)c1ccc(OC)c(C(F)(F)F)c1. The number of hydrogen-bond acceptors (Lipinski definition) is 5. The molecule has 0 aliphatic carbocycles. The van der Waals surface area contributed by atoms with Gasteiger partial charge in [-0.1, -0.05) is 6.07 Å². The van der Waals surface area contributed by atoms with Gasteiger partial charge in [0.15, 0.2) is 6.10 Å². The molecule has 1 aromatic carbocycles. The molecule has 21 heavy (non-hydrogen) atoms. The molecule has 0 aliphatic rings. The second kappa shape index (κ2) is 6.77. The number of aliphatic hydroxyl groups excluding tert-OH is 2. The number of carbonyl (C=O) groups is 1. The second-order valence-corrected chi connectivity index (χ2v) is 4.10. The van der Waals surface area contributed by atoms with E-state index in [1.54, 1.807) is 0 Å². The van der Waals surface area contributed by atoms with Crippen LogP contribution in [0.2, 0.25) is 0 Å². The van der Waals surface area contributed by atoms with Crippen LogP contribution in [0.4, 0.5) is 13.2 Å². The molecular formula is C13H15F3O5. The Labute approximate surface area is 118 Å². The Morgan fingerprint density at radius 2 is 1.95 bits per heavy atom. The average Bonchev–Trinajstić information content (AvgIpc) is 2.44. The number of ether oxygens (including phenoxy) is 2. The Kier molecular flexibility index (Phi) is 5.56. The summed E-state index contributed by atoms with van der Waals surface area (Å²) in [5, 5.41) is 19.3. The van der Waals surface area contributed by atoms with E-state index in [-0.39, 0.29) is 12.2 Å². The molecule has 0 aromatic heterocycles. The van der Waals surface area contributed by atoms with E-state index in [4.69, 9.17) is 0 Å². The van der Waals surface area contributed by atoms with E-state index < -0.39 is 35.7 Å². The van der Waals surface area contributed by atoms with Gasteiger partial charge in [-0.05, 0) is 24.6 Å². The van der Waals surface area contributed by atoms with Crippen LogP contribution in [-0.4, -0.2) is 36.0 Å². The molecule has 118 valence electrons. The normalized spacial score (nSPS) is 14.4. The van der Waals surface area contributed by atoms with Gasteiger partial charge in [0.05, 0.1) is 19.3 Å². The number of aliphatic hydroxyl groups is 2. The molecule has 1 aromatic rings. The molecule has 0 heterocycles. The van der Waals surface area contributed by atoms with Gasteiger partial charge < -0.3 is 19.7 Å². The Bertz CT molecular complexity index is 501. The van der Waals surface area contributed by atoms with Crippen molar-refractivity contribution in [2.24, 2.45) is 0 Å². The van der Waals surface area contributed by atoms with Crippen LogP contribution in [0.1, 0.15) is 24.2 Å². The predicted octanol–water partition coefficient (Wildman–Crippen LogP) is 1.67. The van der Waals surface area contributed by atoms with E-state index in [1.165, 1.54) is 6.92 Å². The number of alkyl halides is 3. The van der Waals surface area contributed by atoms with Gasteiger partial charge in [0, 0.05) is 0 Å². The minimum absolute atomic E-state index is 0.0287. The first-order chi connectivity index (χ1) is 9.72. The maximum Gasteiger partial charge on any atom is 0.419 e. The zero-order chi connectivity index (χ0) is 16.2. The zero-order valence-corrected chi connectivity index (χ0v) is 11.3. The van der Waals surface area contributed by atoms with E-state index in [9.17, 15) is 28.2 Å². The summed E-state index contributed by atoms with van der Waals surface area (Å²) in [5.41, 5.74) is -1.39. The average molecular weight is 308 g/mol. The number of carbonyl (C=O) groups excluding carboxylic acids is 1. The van der Waals surface area contributed by atoms with Crippen molar-refractivity contribution in [2.45, 2.75) is 25.3 Å². The van der Waals surface area contributed by atoms with Crippen LogP contribution in [0, 0.1) is 0 Å². The summed E-state index contributed by atoms with van der Waals surface area (Å²) in [6.07, 6.45) is -8.51. The lowest BCUT2D eigenvalue weighted by atomic mass is 10.0. The van der Waals surface area contributed by atoms with E-state index >= 15 is 0 Å². The summed E-state index contributed by atoms with van der Waals surface area (Å²) in [4.78, 5) is 11.3. The summed E-state index contributed by atoms with van der Waals surface area (Å²) >= 11 is 0. The molecular weight excluding hydrogens is 293 g/mol. The summed E-state index contributed by atoms with van der Waals surface area (Å²) in [7, 11) is 1.08. The largest absolute Gasteiger partial charge is 0.496 e. The van der Waals surface area contributed by atoms with Gasteiger partial charge in [-0.2, -0.15) is 13.2 Å². The lowest BCUT2D eigenvalue weighted by Crippen LogP contribution is -2.30. The Hall–Kier alpha value is -1.80. The van der Waals surface area contributed by atoms with Crippen LogP contribution < -0.4 is 4.74 Å². The number of esters is 1. The number of rotatable bonds is 5. The number of methoxy groups -OCH3 is 1. The highest BCUT2D eigenvalue weighted by atomic mass is 19.4. The molecule has 2 N–H and O–H groups in total. The summed E-state index contributed by atoms with van der Waals surface area (Å²) in [6, 6.07) is 2.74. The topological polar surface area (TPSA) is 76.0 Å². The van der Waals surface area contributed by atoms with Crippen molar-refractivity contribution in [1.82, 2.24) is 0 Å². The Balaban J connectivity index is 3.11. The molecule has 2 atom stereocenters. The summed E-state index contributed by atoms with van der Waals surface area (Å²) < 4.78 is 47.6. The lowest BCUT2D eigenvalue weighted by Gasteiger charge is -2.19. The van der Waals surface area contributed by atoms with Crippen LogP contribution in [-0.2, 0) is 15.7 Å². The third kappa shape index (κ3) is 4.08. The first-order valence-electron chi connectivity index (χ1n) is 6.00. The molecule has 2 unspecified atom stereocenters. The molecule has 1 rings (SSSR count). The summed E-state index contributed by atoms with van der Waals surface area (Å²) in [5.74, 6) is -1.54. The van der Waals surface area contributed by atoms with Gasteiger partial charge in [0.25, 0.3) is 0 Å². The first-order valence-corrected chi connectivity index (χ1v) is 6.00. The van der Waals surface area contributed by atoms with Crippen molar-refractivity contribution in [3.05, 3.63) is 29.3 Å². The molecule has 5 nitrogen and oxygen atoms in total. The molecule has 0 saturated carbocycles. The van der Waals surface area contributed by atoms with E-state index in [2.05, 4.69) is 9.47 Å². The highest BCUT2D eigenvalue weighted by molar-refractivity contribution is 5.75. The third-order valence-corrected chi connectivity index (χ3v) is 2.70. The van der Waals surface area contributed by atoms with Gasteiger partial charge in [0.2, 0.25) is 0 Å². The number of benzene rings is 1. The van der Waals surface area contributed by atoms with Crippen LogP contribution in [0.5, 0.6) is 5.75 Å². The van der Waals surface area contributed by atoms with Crippen molar-refractivity contribution < 1.29 is 37.7 Å². The summed E-state index contributed by atoms with van der Waals surface area (Å²) in [6.45, 7) is 1.46. The van der Waals surface area contributed by atoms with E-state index in [0.29, 0.717) is 6.07 Å². The van der Waals surface area contributed by atoms with Crippen molar-refractivity contribution in [3.8, 4) is 5.75 Å². The van der Waals surface area contributed by atoms with Gasteiger partial charge >= 0.3 is 12.1 Å². The minimum atomic E-state index is -4.70. The van der Waals surface area contributed by atoms with Gasteiger partial charge in [0.1, 0.15) is 11.9 Å². The monoisotopic (exact) mass is 308 g/mol. The maximum atomic E-state index is 12.8. The molecule has 0 saturated heterocycles. The highest BCUT2D eigenvalue weighted by Gasteiger charge is 2.36. The van der Waals surface area contributed by atoms with Gasteiger partial charge in [-0.25, -0.2) is 4.79 Å². The number of hydrogen-bond donors (Lipinski definition) is 2. The highest BCUT2D eigenvalue weighted by Crippen LogP contribution is 2.38.